The van der Waals surface area contributed by atoms with Gasteiger partial charge in [0.1, 0.15) is 0 Å². The van der Waals surface area contributed by atoms with Crippen LogP contribution in [0.1, 0.15) is 25.7 Å². The third kappa shape index (κ3) is 2.44. The quantitative estimate of drug-likeness (QED) is 0.784. The summed E-state index contributed by atoms with van der Waals surface area (Å²) in [6, 6.07) is 0. The molecule has 2 aromatic heterocycles. The Hall–Kier alpha value is -1.40. The van der Waals surface area contributed by atoms with Gasteiger partial charge in [-0.2, -0.15) is 9.97 Å². The second kappa shape index (κ2) is 5.66. The van der Waals surface area contributed by atoms with Gasteiger partial charge in [0, 0.05) is 26.2 Å². The molecule has 0 aliphatic carbocycles. The Morgan fingerprint density at radius 3 is 1.91 bits per heavy atom. The molecule has 2 aliphatic heterocycles. The minimum atomic E-state index is 0.207. The van der Waals surface area contributed by atoms with Crippen LogP contribution in [0.15, 0.2) is 0 Å². The molecule has 4 heterocycles. The van der Waals surface area contributed by atoms with E-state index in [-0.39, 0.29) is 5.28 Å². The van der Waals surface area contributed by atoms with Crippen molar-refractivity contribution in [2.75, 3.05) is 36.0 Å². The number of halogens is 2. The van der Waals surface area contributed by atoms with Gasteiger partial charge in [0.25, 0.3) is 0 Å². The van der Waals surface area contributed by atoms with E-state index in [1.165, 1.54) is 0 Å². The fraction of sp³-hybridized carbons (Fsp3) is 0.571. The highest BCUT2D eigenvalue weighted by Gasteiger charge is 2.23. The molecule has 2 aliphatic rings. The van der Waals surface area contributed by atoms with Crippen molar-refractivity contribution in [1.82, 2.24) is 19.9 Å². The summed E-state index contributed by atoms with van der Waals surface area (Å²) in [7, 11) is 0. The van der Waals surface area contributed by atoms with Gasteiger partial charge in [-0.25, -0.2) is 9.97 Å². The molecule has 22 heavy (non-hydrogen) atoms. The molecule has 2 fully saturated rings. The number of hydrogen-bond acceptors (Lipinski definition) is 6. The van der Waals surface area contributed by atoms with Crippen molar-refractivity contribution in [3.63, 3.8) is 0 Å². The predicted octanol–water partition coefficient (Wildman–Crippen LogP) is 2.93. The van der Waals surface area contributed by atoms with E-state index >= 15 is 0 Å². The van der Waals surface area contributed by atoms with Crippen molar-refractivity contribution < 1.29 is 0 Å². The lowest BCUT2D eigenvalue weighted by molar-refractivity contribution is 0.917. The molecule has 0 unspecified atom stereocenters. The van der Waals surface area contributed by atoms with Gasteiger partial charge in [-0.05, 0) is 37.3 Å². The Morgan fingerprint density at radius 1 is 0.682 bits per heavy atom. The van der Waals surface area contributed by atoms with Gasteiger partial charge in [0.05, 0.1) is 0 Å². The molecule has 0 spiro atoms. The summed E-state index contributed by atoms with van der Waals surface area (Å²) < 4.78 is 0. The maximum absolute atomic E-state index is 6.38. The van der Waals surface area contributed by atoms with Crippen molar-refractivity contribution in [1.29, 1.82) is 0 Å². The summed E-state index contributed by atoms with van der Waals surface area (Å²) in [6.07, 6.45) is 4.60. The van der Waals surface area contributed by atoms with Gasteiger partial charge < -0.3 is 9.80 Å². The van der Waals surface area contributed by atoms with Crippen LogP contribution in [-0.4, -0.2) is 46.1 Å². The zero-order valence-electron chi connectivity index (χ0n) is 12.1. The Kier molecular flexibility index (Phi) is 3.66. The number of rotatable bonds is 2. The molecule has 2 aromatic rings. The number of nitrogens with zero attached hydrogens (tertiary/aromatic N) is 6. The van der Waals surface area contributed by atoms with Crippen LogP contribution in [0.25, 0.3) is 11.2 Å². The summed E-state index contributed by atoms with van der Waals surface area (Å²) in [6.45, 7) is 3.82. The first-order valence-electron chi connectivity index (χ1n) is 7.63. The molecule has 2 saturated heterocycles. The Labute approximate surface area is 138 Å². The highest BCUT2D eigenvalue weighted by atomic mass is 35.5. The summed E-state index contributed by atoms with van der Waals surface area (Å²) in [5.41, 5.74) is 1.16. The molecule has 0 amide bonds. The molecule has 0 radical (unpaired) electrons. The lowest BCUT2D eigenvalue weighted by atomic mass is 10.4. The minimum Gasteiger partial charge on any atom is -0.355 e. The molecule has 0 aromatic carbocycles. The summed E-state index contributed by atoms with van der Waals surface area (Å²) in [5.74, 6) is 1.45. The van der Waals surface area contributed by atoms with Crippen LogP contribution in [0.2, 0.25) is 10.4 Å². The number of fused-ring (bicyclic) bond motifs is 1. The normalized spacial score (nSPS) is 18.6. The fourth-order valence-electron chi connectivity index (χ4n) is 3.16. The second-order valence-corrected chi connectivity index (χ2v) is 6.41. The first-order valence-corrected chi connectivity index (χ1v) is 8.38. The van der Waals surface area contributed by atoms with Gasteiger partial charge in [-0.15, -0.1) is 0 Å². The molecular formula is C14H16Cl2N6. The van der Waals surface area contributed by atoms with Crippen molar-refractivity contribution in [2.24, 2.45) is 0 Å². The van der Waals surface area contributed by atoms with E-state index in [1.807, 2.05) is 0 Å². The predicted molar refractivity (Wildman–Crippen MR) is 88.0 cm³/mol. The third-order valence-electron chi connectivity index (χ3n) is 4.24. The lowest BCUT2D eigenvalue weighted by Crippen LogP contribution is -2.22. The first-order chi connectivity index (χ1) is 10.7. The topological polar surface area (TPSA) is 58.0 Å². The molecule has 0 saturated carbocycles. The minimum absolute atomic E-state index is 0.207. The average Bonchev–Trinajstić information content (AvgIpc) is 3.19. The van der Waals surface area contributed by atoms with E-state index < -0.39 is 0 Å². The van der Waals surface area contributed by atoms with Crippen LogP contribution in [0, 0.1) is 0 Å². The molecule has 8 heteroatoms. The zero-order chi connectivity index (χ0) is 15.1. The second-order valence-electron chi connectivity index (χ2n) is 5.71. The van der Waals surface area contributed by atoms with Crippen LogP contribution in [-0.2, 0) is 0 Å². The molecule has 116 valence electrons. The van der Waals surface area contributed by atoms with Crippen LogP contribution in [0.3, 0.4) is 0 Å². The van der Waals surface area contributed by atoms with E-state index in [0.717, 1.165) is 57.7 Å². The standard InChI is InChI=1S/C14H16Cl2N6/c15-10-13(22-7-3-4-8-22)18-11-9(17-10)12(20-14(16)19-11)21-5-1-2-6-21/h1-8H2. The van der Waals surface area contributed by atoms with Gasteiger partial charge >= 0.3 is 0 Å². The lowest BCUT2D eigenvalue weighted by Gasteiger charge is -2.20. The maximum atomic E-state index is 6.38. The molecule has 4 rings (SSSR count). The van der Waals surface area contributed by atoms with Crippen LogP contribution >= 0.6 is 23.2 Å². The van der Waals surface area contributed by atoms with Gasteiger partial charge in [0.15, 0.2) is 28.0 Å². The van der Waals surface area contributed by atoms with E-state index in [9.17, 15) is 0 Å². The van der Waals surface area contributed by atoms with Crippen molar-refractivity contribution in [3.05, 3.63) is 10.4 Å². The van der Waals surface area contributed by atoms with Crippen LogP contribution < -0.4 is 9.80 Å². The van der Waals surface area contributed by atoms with Crippen molar-refractivity contribution >= 4 is 46.0 Å². The van der Waals surface area contributed by atoms with E-state index in [0.29, 0.717) is 22.1 Å². The summed E-state index contributed by atoms with van der Waals surface area (Å²) in [5, 5.41) is 0.624. The molecule has 0 atom stereocenters. The fourth-order valence-corrected chi connectivity index (χ4v) is 3.56. The van der Waals surface area contributed by atoms with Gasteiger partial charge in [-0.3, -0.25) is 0 Å². The van der Waals surface area contributed by atoms with Crippen LogP contribution in [0.4, 0.5) is 11.6 Å². The SMILES string of the molecule is Clc1nc(N2CCCC2)c2nc(Cl)c(N3CCCC3)nc2n1. The highest BCUT2D eigenvalue weighted by molar-refractivity contribution is 6.32. The largest absolute Gasteiger partial charge is 0.355 e. The number of hydrogen-bond donors (Lipinski definition) is 0. The third-order valence-corrected chi connectivity index (χ3v) is 4.66. The Bertz CT molecular complexity index is 710. The van der Waals surface area contributed by atoms with E-state index in [2.05, 4.69) is 29.7 Å². The number of anilines is 2. The monoisotopic (exact) mass is 338 g/mol. The maximum Gasteiger partial charge on any atom is 0.226 e. The summed E-state index contributed by atoms with van der Waals surface area (Å²) in [4.78, 5) is 22.1. The van der Waals surface area contributed by atoms with Crippen molar-refractivity contribution in [2.45, 2.75) is 25.7 Å². The zero-order valence-corrected chi connectivity index (χ0v) is 13.6. The molecule has 6 nitrogen and oxygen atoms in total. The first kappa shape index (κ1) is 14.2. The van der Waals surface area contributed by atoms with E-state index in [1.54, 1.807) is 0 Å². The molecule has 0 bridgehead atoms. The Balaban J connectivity index is 1.86. The van der Waals surface area contributed by atoms with Crippen LogP contribution in [0.5, 0.6) is 0 Å². The number of aromatic nitrogens is 4. The average molecular weight is 339 g/mol. The van der Waals surface area contributed by atoms with E-state index in [4.69, 9.17) is 23.2 Å². The molecular weight excluding hydrogens is 323 g/mol. The van der Waals surface area contributed by atoms with Gasteiger partial charge in [-0.1, -0.05) is 11.6 Å². The summed E-state index contributed by atoms with van der Waals surface area (Å²) >= 11 is 12.5. The highest BCUT2D eigenvalue weighted by Crippen LogP contribution is 2.31. The Morgan fingerprint density at radius 2 is 1.27 bits per heavy atom. The van der Waals surface area contributed by atoms with Crippen molar-refractivity contribution in [3.8, 4) is 0 Å². The molecule has 0 N–H and O–H groups in total. The van der Waals surface area contributed by atoms with Gasteiger partial charge in [0.2, 0.25) is 5.28 Å². The smallest absolute Gasteiger partial charge is 0.226 e.